The molecule has 0 aliphatic heterocycles. The highest BCUT2D eigenvalue weighted by atomic mass is 31.2. The minimum Gasteiger partial charge on any atom is -0.423 e. The molecule has 2 aromatic rings. The predicted molar refractivity (Wildman–Crippen MR) is 88.5 cm³/mol. The lowest BCUT2D eigenvalue weighted by Gasteiger charge is -2.14. The average molecular weight is 334 g/mol. The monoisotopic (exact) mass is 334 g/mol. The summed E-state index contributed by atoms with van der Waals surface area (Å²) in [7, 11) is -4.58. The number of aryl methyl sites for hydroxylation is 4. The molecule has 0 unspecified atom stereocenters. The number of ether oxygens (including phenoxy) is 1. The van der Waals surface area contributed by atoms with Gasteiger partial charge in [-0.2, -0.15) is 0 Å². The molecular weight excluding hydrogens is 315 g/mol. The van der Waals surface area contributed by atoms with Gasteiger partial charge < -0.3 is 14.5 Å². The van der Waals surface area contributed by atoms with Crippen molar-refractivity contribution < 1.29 is 23.9 Å². The van der Waals surface area contributed by atoms with Crippen LogP contribution in [0, 0.1) is 27.7 Å². The van der Waals surface area contributed by atoms with E-state index in [0.29, 0.717) is 11.3 Å². The first kappa shape index (κ1) is 17.4. The molecule has 0 aromatic heterocycles. The highest BCUT2D eigenvalue weighted by Crippen LogP contribution is 2.36. The van der Waals surface area contributed by atoms with Crippen LogP contribution in [0.4, 0.5) is 0 Å². The van der Waals surface area contributed by atoms with Crippen LogP contribution < -0.4 is 10.0 Å². The van der Waals surface area contributed by atoms with E-state index >= 15 is 0 Å². The van der Waals surface area contributed by atoms with Crippen molar-refractivity contribution in [1.29, 1.82) is 0 Å². The maximum Gasteiger partial charge on any atom is 0.357 e. The van der Waals surface area contributed by atoms with Gasteiger partial charge in [0, 0.05) is 0 Å². The number of rotatable bonds is 3. The van der Waals surface area contributed by atoms with Crippen molar-refractivity contribution in [1.82, 2.24) is 0 Å². The van der Waals surface area contributed by atoms with Crippen molar-refractivity contribution in [2.75, 3.05) is 0 Å². The van der Waals surface area contributed by atoms with Crippen LogP contribution in [0.15, 0.2) is 30.3 Å². The lowest BCUT2D eigenvalue weighted by atomic mass is 10.1. The maximum atomic E-state index is 12.4. The van der Waals surface area contributed by atoms with Crippen LogP contribution in [-0.2, 0) is 4.57 Å². The minimum atomic E-state index is -4.58. The molecule has 122 valence electrons. The van der Waals surface area contributed by atoms with Crippen LogP contribution in [0.1, 0.15) is 32.6 Å². The molecule has 2 rings (SSSR count). The Hall–Kier alpha value is -1.94. The molecule has 0 bridgehead atoms. The predicted octanol–water partition coefficient (Wildman–Crippen LogP) is 2.94. The Morgan fingerprint density at radius 1 is 0.913 bits per heavy atom. The number of esters is 1. The molecule has 0 fully saturated rings. The molecule has 0 amide bonds. The molecule has 6 heteroatoms. The van der Waals surface area contributed by atoms with Gasteiger partial charge in [-0.1, -0.05) is 6.07 Å². The molecule has 5 nitrogen and oxygen atoms in total. The summed E-state index contributed by atoms with van der Waals surface area (Å²) >= 11 is 0. The second-order valence-corrected chi connectivity index (χ2v) is 7.20. The molecule has 0 heterocycles. The highest BCUT2D eigenvalue weighted by molar-refractivity contribution is 7.60. The fourth-order valence-electron chi connectivity index (χ4n) is 2.14. The van der Waals surface area contributed by atoms with E-state index in [-0.39, 0.29) is 10.9 Å². The summed E-state index contributed by atoms with van der Waals surface area (Å²) in [6.07, 6.45) is 0. The summed E-state index contributed by atoms with van der Waals surface area (Å²) < 4.78 is 16.9. The molecule has 0 aliphatic carbocycles. The second kappa shape index (κ2) is 6.28. The Kier molecular flexibility index (Phi) is 4.76. The highest BCUT2D eigenvalue weighted by Gasteiger charge is 2.27. The summed E-state index contributed by atoms with van der Waals surface area (Å²) in [5.74, 6) is -0.442. The van der Waals surface area contributed by atoms with Gasteiger partial charge in [0.1, 0.15) is 5.75 Å². The number of hydrogen-bond acceptors (Lipinski definition) is 3. The molecule has 2 aromatic carbocycles. The number of benzene rings is 2. The molecule has 23 heavy (non-hydrogen) atoms. The Bertz CT molecular complexity index is 820. The fraction of sp³-hybridized carbons (Fsp3) is 0.235. The molecule has 0 saturated carbocycles. The second-order valence-electron chi connectivity index (χ2n) is 5.63. The van der Waals surface area contributed by atoms with E-state index in [4.69, 9.17) is 4.74 Å². The SMILES string of the molecule is Cc1ccc(OC(=O)c2cc(C)c(C)cc2P(=O)(O)O)cc1C. The molecule has 0 atom stereocenters. The summed E-state index contributed by atoms with van der Waals surface area (Å²) in [6.45, 7) is 7.33. The van der Waals surface area contributed by atoms with E-state index in [1.165, 1.54) is 12.1 Å². The summed E-state index contributed by atoms with van der Waals surface area (Å²) in [5.41, 5.74) is 3.37. The Balaban J connectivity index is 2.44. The van der Waals surface area contributed by atoms with Crippen LogP contribution in [0.3, 0.4) is 0 Å². The normalized spacial score (nSPS) is 11.4. The summed E-state index contributed by atoms with van der Waals surface area (Å²) in [6, 6.07) is 7.98. The number of carbonyl (C=O) groups is 1. The van der Waals surface area contributed by atoms with Crippen molar-refractivity contribution in [3.8, 4) is 5.75 Å². The van der Waals surface area contributed by atoms with Gasteiger partial charge in [-0.3, -0.25) is 4.57 Å². The molecule has 0 saturated heterocycles. The largest absolute Gasteiger partial charge is 0.423 e. The molecule has 0 spiro atoms. The van der Waals surface area contributed by atoms with E-state index in [2.05, 4.69) is 0 Å². The summed E-state index contributed by atoms with van der Waals surface area (Å²) in [5, 5.41) is -0.311. The fourth-order valence-corrected chi connectivity index (χ4v) is 2.98. The van der Waals surface area contributed by atoms with Crippen LogP contribution in [0.25, 0.3) is 0 Å². The van der Waals surface area contributed by atoms with E-state index in [1.807, 2.05) is 19.9 Å². The average Bonchev–Trinajstić information content (AvgIpc) is 2.44. The molecule has 0 radical (unpaired) electrons. The van der Waals surface area contributed by atoms with Crippen LogP contribution in [-0.4, -0.2) is 15.8 Å². The molecule has 2 N–H and O–H groups in total. The van der Waals surface area contributed by atoms with Crippen LogP contribution in [0.5, 0.6) is 5.75 Å². The summed E-state index contributed by atoms with van der Waals surface area (Å²) in [4.78, 5) is 31.3. The van der Waals surface area contributed by atoms with E-state index in [9.17, 15) is 19.1 Å². The van der Waals surface area contributed by atoms with Gasteiger partial charge >= 0.3 is 13.6 Å². The van der Waals surface area contributed by atoms with E-state index in [1.54, 1.807) is 26.0 Å². The lowest BCUT2D eigenvalue weighted by Crippen LogP contribution is -2.21. The molecule has 0 aliphatic rings. The third-order valence-corrected chi connectivity index (χ3v) is 4.83. The van der Waals surface area contributed by atoms with Gasteiger partial charge in [-0.25, -0.2) is 4.79 Å². The van der Waals surface area contributed by atoms with Crippen molar-refractivity contribution in [2.45, 2.75) is 27.7 Å². The standard InChI is InChI=1S/C17H19O5P/c1-10-5-6-14(7-11(10)2)22-17(18)15-8-12(3)13(4)9-16(15)23(19,20)21/h5-9H,1-4H3,(H2,19,20,21). The first-order valence-corrected chi connectivity index (χ1v) is 8.67. The quantitative estimate of drug-likeness (QED) is 0.512. The zero-order valence-electron chi connectivity index (χ0n) is 13.5. The third-order valence-electron chi connectivity index (χ3n) is 3.83. The zero-order chi connectivity index (χ0) is 17.4. The minimum absolute atomic E-state index is 0.111. The van der Waals surface area contributed by atoms with Crippen molar-refractivity contribution in [3.63, 3.8) is 0 Å². The van der Waals surface area contributed by atoms with Gasteiger partial charge in [-0.15, -0.1) is 0 Å². The van der Waals surface area contributed by atoms with Crippen LogP contribution in [0.2, 0.25) is 0 Å². The van der Waals surface area contributed by atoms with Crippen molar-refractivity contribution in [2.24, 2.45) is 0 Å². The van der Waals surface area contributed by atoms with E-state index < -0.39 is 13.6 Å². The van der Waals surface area contributed by atoms with Crippen LogP contribution >= 0.6 is 7.60 Å². The Morgan fingerprint density at radius 3 is 2.04 bits per heavy atom. The smallest absolute Gasteiger partial charge is 0.357 e. The molecular formula is C17H19O5P. The Labute approximate surface area is 135 Å². The van der Waals surface area contributed by atoms with Gasteiger partial charge in [-0.05, 0) is 74.2 Å². The maximum absolute atomic E-state index is 12.4. The van der Waals surface area contributed by atoms with Gasteiger partial charge in [0.15, 0.2) is 0 Å². The Morgan fingerprint density at radius 2 is 1.48 bits per heavy atom. The number of carbonyl (C=O) groups excluding carboxylic acids is 1. The zero-order valence-corrected chi connectivity index (χ0v) is 14.3. The van der Waals surface area contributed by atoms with Gasteiger partial charge in [0.05, 0.1) is 10.9 Å². The third kappa shape index (κ3) is 3.88. The first-order chi connectivity index (χ1) is 10.6. The topological polar surface area (TPSA) is 83.8 Å². The lowest BCUT2D eigenvalue weighted by molar-refractivity contribution is 0.0735. The van der Waals surface area contributed by atoms with E-state index in [0.717, 1.165) is 16.7 Å². The van der Waals surface area contributed by atoms with Crippen molar-refractivity contribution in [3.05, 3.63) is 58.1 Å². The van der Waals surface area contributed by atoms with Gasteiger partial charge in [0.25, 0.3) is 0 Å². The first-order valence-electron chi connectivity index (χ1n) is 7.06. The number of hydrogen-bond donors (Lipinski definition) is 2. The van der Waals surface area contributed by atoms with Crippen molar-refractivity contribution >= 4 is 18.9 Å². The van der Waals surface area contributed by atoms with Gasteiger partial charge in [0.2, 0.25) is 0 Å².